The molecule has 0 N–H and O–H groups in total. The third-order valence-electron chi connectivity index (χ3n) is 2.31. The number of benzene rings is 1. The number of hydrogen-bond donors (Lipinski definition) is 0. The van der Waals surface area contributed by atoms with E-state index in [1.807, 2.05) is 49.4 Å². The lowest BCUT2D eigenvalue weighted by Crippen LogP contribution is -1.85. The zero-order valence-electron chi connectivity index (χ0n) is 10.3. The summed E-state index contributed by atoms with van der Waals surface area (Å²) in [5.41, 5.74) is 2.72. The number of pyridine rings is 1. The van der Waals surface area contributed by atoms with Crippen LogP contribution in [0.3, 0.4) is 0 Å². The average molecular weight is 260 g/mol. The van der Waals surface area contributed by atoms with E-state index in [0.717, 1.165) is 22.7 Å². The molecule has 92 valence electrons. The molecule has 0 unspecified atom stereocenters. The van der Waals surface area contributed by atoms with Gasteiger partial charge in [0, 0.05) is 11.3 Å². The second kappa shape index (κ2) is 6.68. The van der Waals surface area contributed by atoms with E-state index in [1.54, 1.807) is 7.11 Å². The zero-order chi connectivity index (χ0) is 12.1. The van der Waals surface area contributed by atoms with Crippen LogP contribution in [0.25, 0.3) is 0 Å². The molecule has 0 atom stereocenters. The third-order valence-corrected chi connectivity index (χ3v) is 2.31. The summed E-state index contributed by atoms with van der Waals surface area (Å²) in [7, 11) is 1.65. The smallest absolute Gasteiger partial charge is 0.118 e. The van der Waals surface area contributed by atoms with E-state index in [0.29, 0.717) is 0 Å². The Morgan fingerprint density at radius 1 is 1.00 bits per heavy atom. The maximum absolute atomic E-state index is 5.09. The predicted molar refractivity (Wildman–Crippen MR) is 75.2 cm³/mol. The summed E-state index contributed by atoms with van der Waals surface area (Å²) in [6.07, 6.45) is 0. The summed E-state index contributed by atoms with van der Waals surface area (Å²) in [6.45, 7) is 1.96. The monoisotopic (exact) mass is 259 g/mol. The molecule has 0 bridgehead atoms. The second-order valence-electron chi connectivity index (χ2n) is 3.64. The van der Waals surface area contributed by atoms with Gasteiger partial charge in [-0.25, -0.2) is 4.98 Å². The molecular formula is C15H14ClNO. The summed E-state index contributed by atoms with van der Waals surface area (Å²) in [6, 6.07) is 13.5. The first-order chi connectivity index (χ1) is 8.28. The fraction of sp³-hybridized carbons (Fsp3) is 0.133. The molecule has 0 radical (unpaired) electrons. The average Bonchev–Trinajstić information content (AvgIpc) is 2.37. The number of ether oxygens (including phenoxy) is 1. The number of halogens is 1. The minimum atomic E-state index is 0. The molecule has 18 heavy (non-hydrogen) atoms. The number of nitrogens with zero attached hydrogens (tertiary/aromatic N) is 1. The summed E-state index contributed by atoms with van der Waals surface area (Å²) in [4.78, 5) is 4.32. The van der Waals surface area contributed by atoms with Crippen LogP contribution < -0.4 is 4.74 Å². The third kappa shape index (κ3) is 3.80. The first-order valence-electron chi connectivity index (χ1n) is 5.37. The number of rotatable bonds is 1. The highest BCUT2D eigenvalue weighted by molar-refractivity contribution is 5.85. The fourth-order valence-electron chi connectivity index (χ4n) is 1.42. The van der Waals surface area contributed by atoms with Crippen LogP contribution in [0.1, 0.15) is 17.0 Å². The molecule has 2 rings (SSSR count). The molecule has 0 fully saturated rings. The van der Waals surface area contributed by atoms with Gasteiger partial charge in [-0.05, 0) is 49.2 Å². The van der Waals surface area contributed by atoms with Gasteiger partial charge >= 0.3 is 0 Å². The first kappa shape index (κ1) is 14.1. The summed E-state index contributed by atoms with van der Waals surface area (Å²) in [5, 5.41) is 0. The van der Waals surface area contributed by atoms with Gasteiger partial charge in [0.05, 0.1) is 7.11 Å². The van der Waals surface area contributed by atoms with Gasteiger partial charge in [0.25, 0.3) is 0 Å². The van der Waals surface area contributed by atoms with E-state index >= 15 is 0 Å². The molecule has 1 heterocycles. The maximum Gasteiger partial charge on any atom is 0.118 e. The Morgan fingerprint density at radius 2 is 1.72 bits per heavy atom. The molecule has 2 aromatic rings. The van der Waals surface area contributed by atoms with E-state index in [2.05, 4.69) is 16.8 Å². The van der Waals surface area contributed by atoms with Gasteiger partial charge in [-0.15, -0.1) is 12.4 Å². The minimum Gasteiger partial charge on any atom is -0.497 e. The molecule has 1 aromatic carbocycles. The molecule has 1 aromatic heterocycles. The fourth-order valence-corrected chi connectivity index (χ4v) is 1.42. The molecule has 0 saturated carbocycles. The van der Waals surface area contributed by atoms with Crippen LogP contribution in [0.4, 0.5) is 0 Å². The normalized spacial score (nSPS) is 8.78. The molecular weight excluding hydrogens is 246 g/mol. The SMILES string of the molecule is COc1ccc(C#Cc2cccc(C)n2)cc1.Cl. The van der Waals surface area contributed by atoms with Crippen molar-refractivity contribution < 1.29 is 4.74 Å². The second-order valence-corrected chi connectivity index (χ2v) is 3.64. The van der Waals surface area contributed by atoms with Crippen LogP contribution in [0, 0.1) is 18.8 Å². The molecule has 0 saturated heterocycles. The van der Waals surface area contributed by atoms with Gasteiger partial charge < -0.3 is 4.74 Å². The van der Waals surface area contributed by atoms with Crippen LogP contribution in [-0.2, 0) is 0 Å². The van der Waals surface area contributed by atoms with Crippen molar-refractivity contribution in [3.05, 3.63) is 59.4 Å². The van der Waals surface area contributed by atoms with Gasteiger partial charge in [0.1, 0.15) is 11.4 Å². The van der Waals surface area contributed by atoms with Crippen LogP contribution in [0.2, 0.25) is 0 Å². The summed E-state index contributed by atoms with van der Waals surface area (Å²) < 4.78 is 5.09. The zero-order valence-corrected chi connectivity index (χ0v) is 11.1. The largest absolute Gasteiger partial charge is 0.497 e. The number of hydrogen-bond acceptors (Lipinski definition) is 2. The highest BCUT2D eigenvalue weighted by atomic mass is 35.5. The van der Waals surface area contributed by atoms with Gasteiger partial charge in [-0.2, -0.15) is 0 Å². The van der Waals surface area contributed by atoms with Crippen molar-refractivity contribution in [2.45, 2.75) is 6.92 Å². The van der Waals surface area contributed by atoms with Gasteiger partial charge in [-0.1, -0.05) is 12.0 Å². The van der Waals surface area contributed by atoms with Crippen molar-refractivity contribution in [1.82, 2.24) is 4.98 Å². The highest BCUT2D eigenvalue weighted by Crippen LogP contribution is 2.10. The number of aryl methyl sites for hydroxylation is 1. The quantitative estimate of drug-likeness (QED) is 0.734. The summed E-state index contributed by atoms with van der Waals surface area (Å²) in [5.74, 6) is 6.95. The van der Waals surface area contributed by atoms with Crippen LogP contribution in [-0.4, -0.2) is 12.1 Å². The van der Waals surface area contributed by atoms with E-state index in [-0.39, 0.29) is 12.4 Å². The lowest BCUT2D eigenvalue weighted by molar-refractivity contribution is 0.415. The molecule has 2 nitrogen and oxygen atoms in total. The Hall–Kier alpha value is -1.98. The molecule has 0 aliphatic heterocycles. The number of methoxy groups -OCH3 is 1. The van der Waals surface area contributed by atoms with Crippen molar-refractivity contribution in [3.8, 4) is 17.6 Å². The Balaban J connectivity index is 0.00000162. The van der Waals surface area contributed by atoms with Crippen molar-refractivity contribution in [1.29, 1.82) is 0 Å². The number of aromatic nitrogens is 1. The summed E-state index contributed by atoms with van der Waals surface area (Å²) >= 11 is 0. The minimum absolute atomic E-state index is 0. The van der Waals surface area contributed by atoms with Gasteiger partial charge in [0.2, 0.25) is 0 Å². The van der Waals surface area contributed by atoms with Crippen molar-refractivity contribution in [2.24, 2.45) is 0 Å². The maximum atomic E-state index is 5.09. The molecule has 0 amide bonds. The van der Waals surface area contributed by atoms with E-state index in [4.69, 9.17) is 4.74 Å². The highest BCUT2D eigenvalue weighted by Gasteiger charge is 1.91. The molecule has 0 aliphatic rings. The van der Waals surface area contributed by atoms with Crippen LogP contribution in [0.5, 0.6) is 5.75 Å². The standard InChI is InChI=1S/C15H13NO.ClH/c1-12-4-3-5-14(16-12)9-6-13-7-10-15(17-2)11-8-13;/h3-5,7-8,10-11H,1-2H3;1H. The Bertz CT molecular complexity index is 567. The van der Waals surface area contributed by atoms with Gasteiger partial charge in [-0.3, -0.25) is 0 Å². The van der Waals surface area contributed by atoms with Crippen LogP contribution in [0.15, 0.2) is 42.5 Å². The Labute approximate surface area is 113 Å². The lowest BCUT2D eigenvalue weighted by Gasteiger charge is -1.97. The first-order valence-corrected chi connectivity index (χ1v) is 5.37. The van der Waals surface area contributed by atoms with Gasteiger partial charge in [0.15, 0.2) is 0 Å². The van der Waals surface area contributed by atoms with Crippen molar-refractivity contribution >= 4 is 12.4 Å². The lowest BCUT2D eigenvalue weighted by atomic mass is 10.2. The molecule has 3 heteroatoms. The van der Waals surface area contributed by atoms with E-state index in [1.165, 1.54) is 0 Å². The van der Waals surface area contributed by atoms with Crippen molar-refractivity contribution in [2.75, 3.05) is 7.11 Å². The Kier molecular flexibility index (Phi) is 5.23. The predicted octanol–water partition coefficient (Wildman–Crippen LogP) is 3.22. The molecule has 0 aliphatic carbocycles. The van der Waals surface area contributed by atoms with Crippen molar-refractivity contribution in [3.63, 3.8) is 0 Å². The Morgan fingerprint density at radius 3 is 2.33 bits per heavy atom. The van der Waals surface area contributed by atoms with Crippen LogP contribution >= 0.6 is 12.4 Å². The van der Waals surface area contributed by atoms with E-state index < -0.39 is 0 Å². The van der Waals surface area contributed by atoms with E-state index in [9.17, 15) is 0 Å². The topological polar surface area (TPSA) is 22.1 Å². The molecule has 0 spiro atoms.